The molecule has 0 aliphatic carbocycles. The number of hydrogen-bond donors (Lipinski definition) is 8. The highest BCUT2D eigenvalue weighted by molar-refractivity contribution is 5.98. The third-order valence-electron chi connectivity index (χ3n) is 6.37. The van der Waals surface area contributed by atoms with Gasteiger partial charge in [0.25, 0.3) is 0 Å². The number of carboxylic acids is 4. The third-order valence-corrected chi connectivity index (χ3v) is 6.37. The molecule has 0 aliphatic rings. The summed E-state index contributed by atoms with van der Waals surface area (Å²) in [6.45, 7) is 0. The Balaban J connectivity index is 0.000000179. The standard InChI is InChI=1S/C12H8O4.C11H8O3.C7H6O3.C6H6O2/c13-11(14)9-3-1-7-5-10(12(15)16)4-2-8(7)6-9;12-10-4-3-7-5-9(11(13)14)2-1-8(7)6-10;8-6-3-1-5(2-4-6)7(9)10;7-5-1-2-6(8)4-3-5/h1-6H,(H,13,14)(H,15,16);1-6,12H,(H,13,14);1-4,8H,(H,9,10);1-4,7-8H. The van der Waals surface area contributed by atoms with E-state index in [1.165, 1.54) is 84.9 Å². The predicted octanol–water partition coefficient (Wildman–Crippen LogP) is 6.67. The van der Waals surface area contributed by atoms with Gasteiger partial charge in [-0.25, -0.2) is 19.2 Å². The number of phenols is 4. The van der Waals surface area contributed by atoms with Crippen molar-refractivity contribution in [1.29, 1.82) is 0 Å². The van der Waals surface area contributed by atoms with Gasteiger partial charge in [0.15, 0.2) is 0 Å². The van der Waals surface area contributed by atoms with Crippen molar-refractivity contribution in [2.24, 2.45) is 0 Å². The van der Waals surface area contributed by atoms with Crippen LogP contribution in [0.3, 0.4) is 0 Å². The van der Waals surface area contributed by atoms with E-state index in [2.05, 4.69) is 0 Å². The van der Waals surface area contributed by atoms with E-state index in [1.54, 1.807) is 36.4 Å². The number of aromatic hydroxyl groups is 4. The summed E-state index contributed by atoms with van der Waals surface area (Å²) < 4.78 is 0. The van der Waals surface area contributed by atoms with Crippen LogP contribution in [-0.4, -0.2) is 64.7 Å². The van der Waals surface area contributed by atoms with Crippen molar-refractivity contribution in [2.45, 2.75) is 0 Å². The van der Waals surface area contributed by atoms with Gasteiger partial charge in [-0.2, -0.15) is 0 Å². The molecule has 0 heterocycles. The summed E-state index contributed by atoms with van der Waals surface area (Å²) in [5, 5.41) is 73.0. The minimum Gasteiger partial charge on any atom is -0.508 e. The Morgan fingerprint density at radius 1 is 0.292 bits per heavy atom. The molecule has 244 valence electrons. The monoisotopic (exact) mass is 652 g/mol. The number of fused-ring (bicyclic) bond motifs is 2. The molecule has 8 N–H and O–H groups in total. The second kappa shape index (κ2) is 16.3. The van der Waals surface area contributed by atoms with Crippen LogP contribution in [0.1, 0.15) is 41.4 Å². The second-order valence-electron chi connectivity index (χ2n) is 9.81. The highest BCUT2D eigenvalue weighted by Gasteiger charge is 2.07. The smallest absolute Gasteiger partial charge is 0.335 e. The van der Waals surface area contributed by atoms with Crippen molar-refractivity contribution in [3.05, 3.63) is 144 Å². The molecule has 12 nitrogen and oxygen atoms in total. The first-order valence-electron chi connectivity index (χ1n) is 13.7. The highest BCUT2D eigenvalue weighted by atomic mass is 16.4. The molecule has 0 saturated carbocycles. The molecule has 6 aromatic carbocycles. The summed E-state index contributed by atoms with van der Waals surface area (Å²) in [4.78, 5) is 42.3. The number of hydrogen-bond acceptors (Lipinski definition) is 8. The molecule has 0 saturated heterocycles. The zero-order valence-corrected chi connectivity index (χ0v) is 24.8. The molecule has 12 heteroatoms. The van der Waals surface area contributed by atoms with Gasteiger partial charge in [-0.3, -0.25) is 0 Å². The van der Waals surface area contributed by atoms with Crippen LogP contribution in [0.5, 0.6) is 23.0 Å². The maximum Gasteiger partial charge on any atom is 0.335 e. The maximum atomic E-state index is 10.7. The minimum atomic E-state index is -0.996. The number of carbonyl (C=O) groups is 4. The Hall–Kier alpha value is -7.08. The summed E-state index contributed by atoms with van der Waals surface area (Å²) in [7, 11) is 0. The number of carboxylic acid groups (broad SMARTS) is 4. The zero-order chi connectivity index (χ0) is 35.4. The van der Waals surface area contributed by atoms with Crippen LogP contribution < -0.4 is 0 Å². The van der Waals surface area contributed by atoms with E-state index in [1.807, 2.05) is 0 Å². The first-order valence-corrected chi connectivity index (χ1v) is 13.7. The fourth-order valence-electron chi connectivity index (χ4n) is 3.93. The van der Waals surface area contributed by atoms with Crippen molar-refractivity contribution in [1.82, 2.24) is 0 Å². The van der Waals surface area contributed by atoms with E-state index >= 15 is 0 Å². The van der Waals surface area contributed by atoms with Gasteiger partial charge in [0.2, 0.25) is 0 Å². The number of rotatable bonds is 4. The summed E-state index contributed by atoms with van der Waals surface area (Å²) >= 11 is 0. The molecular formula is C36H28O12. The topological polar surface area (TPSA) is 230 Å². The van der Waals surface area contributed by atoms with Gasteiger partial charge in [0.05, 0.1) is 22.3 Å². The lowest BCUT2D eigenvalue weighted by atomic mass is 10.0. The van der Waals surface area contributed by atoms with Gasteiger partial charge in [0.1, 0.15) is 23.0 Å². The first kappa shape index (κ1) is 35.4. The van der Waals surface area contributed by atoms with Crippen LogP contribution >= 0.6 is 0 Å². The Bertz CT molecular complexity index is 1990. The molecule has 6 aromatic rings. The molecule has 0 fully saturated rings. The average molecular weight is 653 g/mol. The molecule has 0 atom stereocenters. The molecule has 0 radical (unpaired) electrons. The van der Waals surface area contributed by atoms with Crippen LogP contribution in [0.2, 0.25) is 0 Å². The maximum absolute atomic E-state index is 10.7. The summed E-state index contributed by atoms with van der Waals surface area (Å²) in [5.74, 6) is -3.33. The van der Waals surface area contributed by atoms with Crippen molar-refractivity contribution in [2.75, 3.05) is 0 Å². The number of benzene rings is 6. The highest BCUT2D eigenvalue weighted by Crippen LogP contribution is 2.21. The zero-order valence-electron chi connectivity index (χ0n) is 24.8. The van der Waals surface area contributed by atoms with Gasteiger partial charge in [0, 0.05) is 0 Å². The van der Waals surface area contributed by atoms with Crippen LogP contribution in [0.15, 0.2) is 121 Å². The minimum absolute atomic E-state index is 0.0741. The SMILES string of the molecule is O=C(O)c1ccc(O)cc1.O=C(O)c1ccc2cc(C(=O)O)ccc2c1.O=C(O)c1ccc2cc(O)ccc2c1.Oc1ccc(O)cc1. The van der Waals surface area contributed by atoms with Crippen LogP contribution in [-0.2, 0) is 0 Å². The van der Waals surface area contributed by atoms with Gasteiger partial charge >= 0.3 is 23.9 Å². The van der Waals surface area contributed by atoms with E-state index in [0.717, 1.165) is 10.8 Å². The first-order chi connectivity index (χ1) is 22.7. The molecule has 0 aromatic heterocycles. The molecule has 0 aliphatic heterocycles. The van der Waals surface area contributed by atoms with Gasteiger partial charge in [-0.1, -0.05) is 24.3 Å². The lowest BCUT2D eigenvalue weighted by Gasteiger charge is -2.01. The number of aromatic carboxylic acids is 4. The Morgan fingerprint density at radius 2 is 0.521 bits per heavy atom. The summed E-state index contributed by atoms with van der Waals surface area (Å²) in [6, 6.07) is 29.8. The third kappa shape index (κ3) is 10.5. The molecule has 0 amide bonds. The van der Waals surface area contributed by atoms with Gasteiger partial charge in [-0.15, -0.1) is 0 Å². The van der Waals surface area contributed by atoms with E-state index < -0.39 is 23.9 Å². The fraction of sp³-hybridized carbons (Fsp3) is 0. The van der Waals surface area contributed by atoms with E-state index in [-0.39, 0.29) is 45.3 Å². The summed E-state index contributed by atoms with van der Waals surface area (Å²) in [6.07, 6.45) is 0. The van der Waals surface area contributed by atoms with E-state index in [9.17, 15) is 24.3 Å². The van der Waals surface area contributed by atoms with Crippen molar-refractivity contribution in [3.8, 4) is 23.0 Å². The summed E-state index contributed by atoms with van der Waals surface area (Å²) in [5.41, 5.74) is 0.812. The number of phenolic OH excluding ortho intramolecular Hbond substituents is 4. The fourth-order valence-corrected chi connectivity index (χ4v) is 3.93. The Labute approximate surface area is 271 Å². The predicted molar refractivity (Wildman–Crippen MR) is 175 cm³/mol. The second-order valence-corrected chi connectivity index (χ2v) is 9.81. The van der Waals surface area contributed by atoms with Crippen molar-refractivity contribution >= 4 is 45.4 Å². The van der Waals surface area contributed by atoms with Crippen LogP contribution in [0.25, 0.3) is 21.5 Å². The molecule has 0 bridgehead atoms. The van der Waals surface area contributed by atoms with Crippen LogP contribution in [0.4, 0.5) is 0 Å². The molecule has 0 spiro atoms. The van der Waals surface area contributed by atoms with Gasteiger partial charge in [-0.05, 0) is 119 Å². The lowest BCUT2D eigenvalue weighted by Crippen LogP contribution is -1.97. The normalized spacial score (nSPS) is 9.83. The Morgan fingerprint density at radius 3 is 0.833 bits per heavy atom. The van der Waals surface area contributed by atoms with Crippen LogP contribution in [0, 0.1) is 0 Å². The molecule has 0 unspecified atom stereocenters. The largest absolute Gasteiger partial charge is 0.508 e. The van der Waals surface area contributed by atoms with Crippen molar-refractivity contribution < 1.29 is 60.0 Å². The molecular weight excluding hydrogens is 624 g/mol. The quantitative estimate of drug-likeness (QED) is 0.0934. The lowest BCUT2D eigenvalue weighted by molar-refractivity contribution is 0.0686. The van der Waals surface area contributed by atoms with E-state index in [4.69, 9.17) is 35.7 Å². The molecule has 48 heavy (non-hydrogen) atoms. The van der Waals surface area contributed by atoms with Gasteiger partial charge < -0.3 is 40.9 Å². The van der Waals surface area contributed by atoms with Crippen molar-refractivity contribution in [3.63, 3.8) is 0 Å². The molecule has 6 rings (SSSR count). The average Bonchev–Trinajstić information content (AvgIpc) is 3.06. The van der Waals surface area contributed by atoms with E-state index in [0.29, 0.717) is 10.8 Å². The Kier molecular flexibility index (Phi) is 12.0.